The maximum absolute atomic E-state index is 4.37. The highest BCUT2D eigenvalue weighted by atomic mass is 32.1. The molecule has 0 aromatic carbocycles. The summed E-state index contributed by atoms with van der Waals surface area (Å²) in [5, 5.41) is 11.7. The van der Waals surface area contributed by atoms with E-state index in [4.69, 9.17) is 0 Å². The van der Waals surface area contributed by atoms with Gasteiger partial charge in [0.1, 0.15) is 0 Å². The normalized spacial score (nSPS) is 12.9. The van der Waals surface area contributed by atoms with Crippen LogP contribution in [0, 0.1) is 6.92 Å². The third kappa shape index (κ3) is 2.89. The Bertz CT molecular complexity index is 462. The topological polar surface area (TPSA) is 55.6 Å². The van der Waals surface area contributed by atoms with Gasteiger partial charge < -0.3 is 5.32 Å². The van der Waals surface area contributed by atoms with E-state index in [1.807, 2.05) is 24.9 Å². The molecule has 5 nitrogen and oxygen atoms in total. The van der Waals surface area contributed by atoms with Gasteiger partial charge in [0.2, 0.25) is 0 Å². The number of rotatable bonds is 5. The molecule has 0 aliphatic heterocycles. The summed E-state index contributed by atoms with van der Waals surface area (Å²) in [6.45, 7) is 5.05. The molecule has 6 heteroatoms. The van der Waals surface area contributed by atoms with E-state index < -0.39 is 0 Å². The quantitative estimate of drug-likeness (QED) is 0.874. The van der Waals surface area contributed by atoms with E-state index in [1.165, 1.54) is 22.1 Å². The molecule has 92 valence electrons. The largest absolute Gasteiger partial charge is 0.309 e. The number of hydrogen-bond acceptors (Lipinski definition) is 5. The predicted octanol–water partition coefficient (Wildman–Crippen LogP) is 1.47. The van der Waals surface area contributed by atoms with E-state index in [1.54, 1.807) is 0 Å². The van der Waals surface area contributed by atoms with Gasteiger partial charge in [-0.25, -0.2) is 0 Å². The summed E-state index contributed by atoms with van der Waals surface area (Å²) in [5.41, 5.74) is 2.28. The second-order valence-electron chi connectivity index (χ2n) is 4.03. The minimum absolute atomic E-state index is 0.273. The van der Waals surface area contributed by atoms with E-state index in [0.717, 1.165) is 18.7 Å². The third-order valence-electron chi connectivity index (χ3n) is 2.68. The van der Waals surface area contributed by atoms with Gasteiger partial charge in [0, 0.05) is 19.2 Å². The molecular weight excluding hydrogens is 234 g/mol. The van der Waals surface area contributed by atoms with Crippen LogP contribution >= 0.6 is 11.5 Å². The Morgan fingerprint density at radius 1 is 1.53 bits per heavy atom. The first-order valence-electron chi connectivity index (χ1n) is 5.71. The summed E-state index contributed by atoms with van der Waals surface area (Å²) < 4.78 is 5.86. The first-order valence-corrected chi connectivity index (χ1v) is 6.48. The summed E-state index contributed by atoms with van der Waals surface area (Å²) in [6, 6.07) is 2.40. The second-order valence-corrected chi connectivity index (χ2v) is 4.85. The van der Waals surface area contributed by atoms with Crippen molar-refractivity contribution < 1.29 is 0 Å². The fourth-order valence-corrected chi connectivity index (χ4v) is 2.49. The smallest absolute Gasteiger partial charge is 0.0669 e. The van der Waals surface area contributed by atoms with Crippen LogP contribution in [0.25, 0.3) is 0 Å². The number of nitrogens with one attached hydrogen (secondary N) is 1. The van der Waals surface area contributed by atoms with Gasteiger partial charge in [-0.05, 0) is 31.1 Å². The predicted molar refractivity (Wildman–Crippen MR) is 68.0 cm³/mol. The second kappa shape index (κ2) is 5.37. The Balaban J connectivity index is 2.15. The molecule has 1 unspecified atom stereocenters. The van der Waals surface area contributed by atoms with Crippen molar-refractivity contribution in [3.63, 3.8) is 0 Å². The van der Waals surface area contributed by atoms with Gasteiger partial charge in [0.15, 0.2) is 0 Å². The van der Waals surface area contributed by atoms with E-state index in [9.17, 15) is 0 Å². The Hall–Kier alpha value is -1.27. The lowest BCUT2D eigenvalue weighted by Crippen LogP contribution is -2.23. The lowest BCUT2D eigenvalue weighted by molar-refractivity contribution is 0.535. The van der Waals surface area contributed by atoms with Crippen molar-refractivity contribution in [1.29, 1.82) is 0 Å². The SMILES string of the molecule is CCNC(Cc1cc(C)nn1C)c1cnns1. The van der Waals surface area contributed by atoms with Crippen LogP contribution < -0.4 is 5.32 Å². The fourth-order valence-electron chi connectivity index (χ4n) is 1.91. The summed E-state index contributed by atoms with van der Waals surface area (Å²) in [7, 11) is 1.98. The molecular formula is C11H17N5S. The molecule has 0 aliphatic carbocycles. The monoisotopic (exact) mass is 251 g/mol. The van der Waals surface area contributed by atoms with Crippen molar-refractivity contribution in [3.8, 4) is 0 Å². The number of likely N-dealkylation sites (N-methyl/N-ethyl adjacent to an activating group) is 1. The van der Waals surface area contributed by atoms with Crippen LogP contribution in [0.15, 0.2) is 12.3 Å². The molecule has 17 heavy (non-hydrogen) atoms. The first kappa shape index (κ1) is 12.2. The summed E-state index contributed by atoms with van der Waals surface area (Å²) >= 11 is 1.45. The van der Waals surface area contributed by atoms with Crippen LogP contribution in [0.3, 0.4) is 0 Å². The van der Waals surface area contributed by atoms with Gasteiger partial charge >= 0.3 is 0 Å². The highest BCUT2D eigenvalue weighted by molar-refractivity contribution is 7.05. The molecule has 1 atom stereocenters. The maximum atomic E-state index is 4.37. The fraction of sp³-hybridized carbons (Fsp3) is 0.545. The molecule has 1 N–H and O–H groups in total. The van der Waals surface area contributed by atoms with Crippen molar-refractivity contribution in [2.75, 3.05) is 6.54 Å². The van der Waals surface area contributed by atoms with Gasteiger partial charge in [0.05, 0.1) is 22.8 Å². The van der Waals surface area contributed by atoms with Crippen molar-refractivity contribution >= 4 is 11.5 Å². The molecule has 2 heterocycles. The molecule has 2 aromatic heterocycles. The van der Waals surface area contributed by atoms with Crippen LogP contribution in [0.4, 0.5) is 0 Å². The molecule has 0 saturated heterocycles. The van der Waals surface area contributed by atoms with E-state index in [0.29, 0.717) is 0 Å². The minimum atomic E-state index is 0.273. The Morgan fingerprint density at radius 3 is 2.88 bits per heavy atom. The maximum Gasteiger partial charge on any atom is 0.0669 e. The van der Waals surface area contributed by atoms with Crippen LogP contribution in [-0.2, 0) is 13.5 Å². The lowest BCUT2D eigenvalue weighted by atomic mass is 10.1. The van der Waals surface area contributed by atoms with E-state index >= 15 is 0 Å². The molecule has 0 spiro atoms. The zero-order valence-electron chi connectivity index (χ0n) is 10.3. The molecule has 0 bridgehead atoms. The van der Waals surface area contributed by atoms with Gasteiger partial charge in [-0.1, -0.05) is 11.4 Å². The molecule has 0 fully saturated rings. The van der Waals surface area contributed by atoms with Crippen LogP contribution in [-0.4, -0.2) is 25.9 Å². The van der Waals surface area contributed by atoms with Crippen LogP contribution in [0.5, 0.6) is 0 Å². The standard InChI is InChI=1S/C11H17N5S/c1-4-12-10(11-7-13-15-17-11)6-9-5-8(2)14-16(9)3/h5,7,10,12H,4,6H2,1-3H3. The molecule has 0 aliphatic rings. The average molecular weight is 251 g/mol. The summed E-state index contributed by atoms with van der Waals surface area (Å²) in [6.07, 6.45) is 2.75. The van der Waals surface area contributed by atoms with Gasteiger partial charge in [-0.2, -0.15) is 5.10 Å². The van der Waals surface area contributed by atoms with E-state index in [2.05, 4.69) is 33.0 Å². The molecule has 0 amide bonds. The van der Waals surface area contributed by atoms with Crippen molar-refractivity contribution in [2.45, 2.75) is 26.3 Å². The number of nitrogens with zero attached hydrogens (tertiary/aromatic N) is 4. The first-order chi connectivity index (χ1) is 8.20. The van der Waals surface area contributed by atoms with Crippen LogP contribution in [0.1, 0.15) is 29.2 Å². The van der Waals surface area contributed by atoms with Crippen molar-refractivity contribution in [3.05, 3.63) is 28.5 Å². The van der Waals surface area contributed by atoms with Gasteiger partial charge in [-0.3, -0.25) is 4.68 Å². The molecule has 2 rings (SSSR count). The third-order valence-corrected chi connectivity index (χ3v) is 3.46. The number of aryl methyl sites for hydroxylation is 2. The molecule has 2 aromatic rings. The van der Waals surface area contributed by atoms with Crippen molar-refractivity contribution in [1.82, 2.24) is 24.7 Å². The molecule has 0 radical (unpaired) electrons. The Labute approximate surface area is 105 Å². The number of aromatic nitrogens is 4. The van der Waals surface area contributed by atoms with Gasteiger partial charge in [0.25, 0.3) is 0 Å². The molecule has 0 saturated carbocycles. The minimum Gasteiger partial charge on any atom is -0.309 e. The zero-order chi connectivity index (χ0) is 12.3. The van der Waals surface area contributed by atoms with Gasteiger partial charge in [-0.15, -0.1) is 5.10 Å². The van der Waals surface area contributed by atoms with Crippen molar-refractivity contribution in [2.24, 2.45) is 7.05 Å². The summed E-state index contributed by atoms with van der Waals surface area (Å²) in [5.74, 6) is 0. The Morgan fingerprint density at radius 2 is 2.35 bits per heavy atom. The lowest BCUT2D eigenvalue weighted by Gasteiger charge is -2.15. The zero-order valence-corrected chi connectivity index (χ0v) is 11.2. The number of hydrogen-bond donors (Lipinski definition) is 1. The Kier molecular flexibility index (Phi) is 3.86. The van der Waals surface area contributed by atoms with E-state index in [-0.39, 0.29) is 6.04 Å². The average Bonchev–Trinajstić information content (AvgIpc) is 2.88. The highest BCUT2D eigenvalue weighted by Gasteiger charge is 2.15. The van der Waals surface area contributed by atoms with Crippen LogP contribution in [0.2, 0.25) is 0 Å². The highest BCUT2D eigenvalue weighted by Crippen LogP contribution is 2.20. The summed E-state index contributed by atoms with van der Waals surface area (Å²) in [4.78, 5) is 1.17.